The highest BCUT2D eigenvalue weighted by Gasteiger charge is 2.71. The fraction of sp³-hybridized carbons (Fsp3) is 0.476. The lowest BCUT2D eigenvalue weighted by molar-refractivity contribution is -2.00. The fourth-order valence-corrected chi connectivity index (χ4v) is 5.06. The smallest absolute Gasteiger partial charge is 0.197 e. The number of aromatic hydroxyl groups is 1. The second-order valence-corrected chi connectivity index (χ2v) is 8.54. The van der Waals surface area contributed by atoms with Gasteiger partial charge in [-0.15, -0.1) is 10.2 Å². The molecule has 0 spiro atoms. The number of phenols is 1. The summed E-state index contributed by atoms with van der Waals surface area (Å²) in [6, 6.07) is 12.1. The molecule has 0 amide bonds. The van der Waals surface area contributed by atoms with Gasteiger partial charge >= 0.3 is 0 Å². The molecular weight excluding hydrogens is 414 g/mol. The highest BCUT2D eigenvalue weighted by Crippen LogP contribution is 2.63. The van der Waals surface area contributed by atoms with Crippen LogP contribution in [0, 0.1) is 15.7 Å². The van der Waals surface area contributed by atoms with Crippen LogP contribution in [0.1, 0.15) is 56.5 Å². The molecule has 1 aromatic carbocycles. The van der Waals surface area contributed by atoms with Crippen LogP contribution in [0.15, 0.2) is 42.6 Å². The molecule has 164 valence electrons. The first-order valence-electron chi connectivity index (χ1n) is 9.71. The predicted octanol–water partition coefficient (Wildman–Crippen LogP) is -1.23. The maximum absolute atomic E-state index is 10.7. The Balaban J connectivity index is 0.000000461. The summed E-state index contributed by atoms with van der Waals surface area (Å²) in [6.07, 6.45) is 2.13. The molecule has 3 aliphatic rings. The number of fused-ring (bicyclic) bond motifs is 1. The van der Waals surface area contributed by atoms with Gasteiger partial charge < -0.3 is 14.6 Å². The van der Waals surface area contributed by atoms with Gasteiger partial charge in [-0.1, -0.05) is 18.2 Å². The van der Waals surface area contributed by atoms with Gasteiger partial charge in [0.1, 0.15) is 11.7 Å². The normalized spacial score (nSPS) is 22.5. The van der Waals surface area contributed by atoms with E-state index in [4.69, 9.17) is 28.1 Å². The van der Waals surface area contributed by atoms with Crippen molar-refractivity contribution in [3.63, 3.8) is 0 Å². The van der Waals surface area contributed by atoms with E-state index in [0.717, 1.165) is 16.8 Å². The molecule has 0 fully saturated rings. The number of nitrogens with zero attached hydrogens (tertiary/aromatic N) is 1. The number of hydrogen-bond donors (Lipinski definition) is 1. The number of phenolic OH excluding ortho intramolecular Hbond substituents is 1. The van der Waals surface area contributed by atoms with Crippen LogP contribution in [0.4, 0.5) is 0 Å². The average molecular weight is 440 g/mol. The van der Waals surface area contributed by atoms with Crippen molar-refractivity contribution in [3.05, 3.63) is 59.4 Å². The number of rotatable bonds is 4. The Hall–Kier alpha value is -1.78. The first-order chi connectivity index (χ1) is 14.0. The Morgan fingerprint density at radius 3 is 2.17 bits per heavy atom. The molecule has 5 rings (SSSR count). The van der Waals surface area contributed by atoms with Crippen LogP contribution in [-0.4, -0.2) is 24.1 Å². The summed E-state index contributed by atoms with van der Waals surface area (Å²) in [4.78, 5) is 0. The molecular formula is C21H26ClNO7. The van der Waals surface area contributed by atoms with Gasteiger partial charge in [-0.3, -0.25) is 0 Å². The minimum absolute atomic E-state index is 0.0360. The monoisotopic (exact) mass is 439 g/mol. The van der Waals surface area contributed by atoms with Gasteiger partial charge in [0.15, 0.2) is 23.7 Å². The lowest BCUT2D eigenvalue weighted by Gasteiger charge is -2.57. The topological polar surface area (TPSA) is 135 Å². The predicted molar refractivity (Wildman–Crippen MR) is 94.5 cm³/mol. The molecule has 0 saturated heterocycles. The lowest BCUT2D eigenvalue weighted by Crippen LogP contribution is -2.71. The molecule has 1 aliphatic carbocycles. The van der Waals surface area contributed by atoms with Crippen molar-refractivity contribution < 1.29 is 48.0 Å². The number of pyridine rings is 1. The van der Waals surface area contributed by atoms with Gasteiger partial charge in [0.05, 0.1) is 5.41 Å². The van der Waals surface area contributed by atoms with E-state index in [1.165, 1.54) is 0 Å². The Labute approximate surface area is 177 Å². The number of halogens is 1. The fourth-order valence-electron chi connectivity index (χ4n) is 5.06. The Bertz CT molecular complexity index is 900. The minimum Gasteiger partial charge on any atom is -0.508 e. The SMILES string of the molecule is CCOC1(OCC)C2c3c(O)cccc3C([n+]3ccccc32)C1(C)C.[O-][Cl+3]([O-])([O-])[O-]. The zero-order chi connectivity index (χ0) is 22.3. The largest absolute Gasteiger partial charge is 0.508 e. The summed E-state index contributed by atoms with van der Waals surface area (Å²) in [5.74, 6) is -0.666. The summed E-state index contributed by atoms with van der Waals surface area (Å²) in [6.45, 7) is 9.55. The van der Waals surface area contributed by atoms with Crippen molar-refractivity contribution in [2.24, 2.45) is 5.41 Å². The van der Waals surface area contributed by atoms with Crippen LogP contribution >= 0.6 is 0 Å². The maximum atomic E-state index is 10.7. The van der Waals surface area contributed by atoms with Crippen LogP contribution in [-0.2, 0) is 9.47 Å². The third-order valence-electron chi connectivity index (χ3n) is 5.88. The van der Waals surface area contributed by atoms with E-state index in [2.05, 4.69) is 42.8 Å². The van der Waals surface area contributed by atoms with Crippen molar-refractivity contribution in [2.75, 3.05) is 13.2 Å². The van der Waals surface area contributed by atoms with E-state index in [-0.39, 0.29) is 17.4 Å². The van der Waals surface area contributed by atoms with Crippen LogP contribution in [0.25, 0.3) is 0 Å². The van der Waals surface area contributed by atoms with Crippen molar-refractivity contribution in [2.45, 2.75) is 45.4 Å². The molecule has 2 unspecified atom stereocenters. The van der Waals surface area contributed by atoms with E-state index < -0.39 is 16.0 Å². The number of benzene rings is 1. The maximum Gasteiger partial charge on any atom is 0.197 e. The number of aromatic nitrogens is 1. The van der Waals surface area contributed by atoms with Crippen LogP contribution < -0.4 is 23.2 Å². The average Bonchev–Trinajstić information content (AvgIpc) is 2.63. The van der Waals surface area contributed by atoms with Crippen molar-refractivity contribution >= 4 is 0 Å². The Kier molecular flexibility index (Phi) is 6.14. The quantitative estimate of drug-likeness (QED) is 0.465. The Morgan fingerprint density at radius 2 is 1.60 bits per heavy atom. The molecule has 1 N–H and O–H groups in total. The highest BCUT2D eigenvalue weighted by molar-refractivity contribution is 5.52. The molecule has 2 bridgehead atoms. The summed E-state index contributed by atoms with van der Waals surface area (Å²) in [5, 5.41) is 10.7. The standard InChI is InChI=1S/C21H25NO3.ClHO4/c1-5-24-21(25-6-2)18-15-11-7-8-13-22(15)19(20(21,3)4)14-10-9-12-16(23)17(14)18;2-1(3,4)5/h7-13,18-19H,5-6H2,1-4H3;(H,2,3,4,5). The Morgan fingerprint density at radius 1 is 1.00 bits per heavy atom. The second kappa shape index (κ2) is 8.05. The number of ether oxygens (including phenoxy) is 2. The molecule has 1 aromatic heterocycles. The minimum atomic E-state index is -4.94. The van der Waals surface area contributed by atoms with Crippen molar-refractivity contribution in [1.82, 2.24) is 0 Å². The van der Waals surface area contributed by atoms with Gasteiger partial charge in [0.25, 0.3) is 0 Å². The van der Waals surface area contributed by atoms with E-state index in [1.54, 1.807) is 6.07 Å². The summed E-state index contributed by atoms with van der Waals surface area (Å²) >= 11 is 0. The second-order valence-electron chi connectivity index (χ2n) is 7.78. The zero-order valence-corrected chi connectivity index (χ0v) is 18.1. The van der Waals surface area contributed by atoms with Gasteiger partial charge in [0, 0.05) is 36.5 Å². The molecule has 2 aromatic rings. The van der Waals surface area contributed by atoms with Gasteiger partial charge in [0.2, 0.25) is 0 Å². The summed E-state index contributed by atoms with van der Waals surface area (Å²) in [5.41, 5.74) is 2.93. The highest BCUT2D eigenvalue weighted by atomic mass is 35.7. The molecule has 0 radical (unpaired) electrons. The van der Waals surface area contributed by atoms with Crippen molar-refractivity contribution in [3.8, 4) is 5.75 Å². The van der Waals surface area contributed by atoms with Crippen molar-refractivity contribution in [1.29, 1.82) is 0 Å². The third kappa shape index (κ3) is 3.58. The van der Waals surface area contributed by atoms with E-state index in [1.807, 2.05) is 26.0 Å². The molecule has 2 atom stereocenters. The van der Waals surface area contributed by atoms with Gasteiger partial charge in [-0.2, -0.15) is 4.57 Å². The first kappa shape index (κ1) is 22.9. The van der Waals surface area contributed by atoms with Gasteiger partial charge in [-0.05, 0) is 33.8 Å². The molecule has 2 aliphatic heterocycles. The molecule has 3 heterocycles. The number of hydrogen-bond acceptors (Lipinski definition) is 7. The van der Waals surface area contributed by atoms with Crippen LogP contribution in [0.5, 0.6) is 5.75 Å². The van der Waals surface area contributed by atoms with Crippen LogP contribution in [0.3, 0.4) is 0 Å². The molecule has 30 heavy (non-hydrogen) atoms. The first-order valence-corrected chi connectivity index (χ1v) is 10.9. The van der Waals surface area contributed by atoms with Gasteiger partial charge in [-0.25, -0.2) is 18.6 Å². The molecule has 0 saturated carbocycles. The molecule has 9 heteroatoms. The van der Waals surface area contributed by atoms with Crippen LogP contribution in [0.2, 0.25) is 0 Å². The molecule has 8 nitrogen and oxygen atoms in total. The zero-order valence-electron chi connectivity index (χ0n) is 17.3. The lowest BCUT2D eigenvalue weighted by atomic mass is 9.57. The van der Waals surface area contributed by atoms with E-state index >= 15 is 0 Å². The van der Waals surface area contributed by atoms with E-state index in [0.29, 0.717) is 19.0 Å². The summed E-state index contributed by atoms with van der Waals surface area (Å²) < 4.78 is 49.1. The summed E-state index contributed by atoms with van der Waals surface area (Å²) in [7, 11) is -4.94. The third-order valence-corrected chi connectivity index (χ3v) is 5.88. The van der Waals surface area contributed by atoms with E-state index in [9.17, 15) is 5.11 Å².